The quantitative estimate of drug-likeness (QED) is 0.889. The summed E-state index contributed by atoms with van der Waals surface area (Å²) in [5.41, 5.74) is 0.525. The van der Waals surface area contributed by atoms with Gasteiger partial charge in [-0.2, -0.15) is 13.2 Å². The van der Waals surface area contributed by atoms with Gasteiger partial charge in [0.05, 0.1) is 12.5 Å². The van der Waals surface area contributed by atoms with Crippen molar-refractivity contribution in [3.8, 4) is 0 Å². The molecule has 0 aliphatic heterocycles. The van der Waals surface area contributed by atoms with Crippen LogP contribution in [0, 0.1) is 0 Å². The van der Waals surface area contributed by atoms with E-state index in [4.69, 9.17) is 0 Å². The first-order valence-corrected chi connectivity index (χ1v) is 5.22. The zero-order valence-electron chi connectivity index (χ0n) is 9.70. The highest BCUT2D eigenvalue weighted by atomic mass is 19.4. The Bertz CT molecular complexity index is 366. The molecule has 0 amide bonds. The van der Waals surface area contributed by atoms with Crippen molar-refractivity contribution in [2.24, 2.45) is 0 Å². The normalized spacial score (nSPS) is 13.5. The Morgan fingerprint density at radius 1 is 1.47 bits per heavy atom. The number of nitrogens with zero attached hydrogens (tertiary/aromatic N) is 2. The predicted molar refractivity (Wildman–Crippen MR) is 58.8 cm³/mol. The molecule has 1 N–H and O–H groups in total. The first kappa shape index (κ1) is 13.8. The molecule has 1 aromatic rings. The van der Waals surface area contributed by atoms with Crippen molar-refractivity contribution in [1.29, 1.82) is 0 Å². The number of aliphatic hydroxyl groups excluding tert-OH is 1. The van der Waals surface area contributed by atoms with Crippen LogP contribution in [0.4, 0.5) is 19.0 Å². The summed E-state index contributed by atoms with van der Waals surface area (Å²) < 4.78 is 36.3. The lowest BCUT2D eigenvalue weighted by Crippen LogP contribution is -2.26. The van der Waals surface area contributed by atoms with Crippen LogP contribution in [0.3, 0.4) is 0 Å². The van der Waals surface area contributed by atoms with Gasteiger partial charge in [-0.1, -0.05) is 6.07 Å². The number of aliphatic hydroxyl groups is 1. The van der Waals surface area contributed by atoms with Crippen LogP contribution in [-0.2, 0) is 0 Å². The fourth-order valence-corrected chi connectivity index (χ4v) is 1.45. The SMILES string of the molecule is C[C@@H](O)c1cccnc1N(C)CCC(F)(F)F. The molecule has 0 radical (unpaired) electrons. The third-order valence-electron chi connectivity index (χ3n) is 2.36. The predicted octanol–water partition coefficient (Wildman–Crippen LogP) is 2.52. The van der Waals surface area contributed by atoms with Crippen LogP contribution in [0.1, 0.15) is 25.0 Å². The topological polar surface area (TPSA) is 36.4 Å². The Balaban J connectivity index is 2.78. The van der Waals surface area contributed by atoms with E-state index in [9.17, 15) is 18.3 Å². The van der Waals surface area contributed by atoms with E-state index >= 15 is 0 Å². The lowest BCUT2D eigenvalue weighted by atomic mass is 10.1. The highest BCUT2D eigenvalue weighted by Crippen LogP contribution is 2.25. The molecule has 0 saturated heterocycles. The molecule has 0 fully saturated rings. The lowest BCUT2D eigenvalue weighted by molar-refractivity contribution is -0.132. The average molecular weight is 248 g/mol. The molecule has 17 heavy (non-hydrogen) atoms. The number of anilines is 1. The lowest BCUT2D eigenvalue weighted by Gasteiger charge is -2.22. The van der Waals surface area contributed by atoms with Gasteiger partial charge in [0.1, 0.15) is 5.82 Å². The minimum absolute atomic E-state index is 0.180. The summed E-state index contributed by atoms with van der Waals surface area (Å²) in [5.74, 6) is 0.381. The largest absolute Gasteiger partial charge is 0.390 e. The van der Waals surface area contributed by atoms with Crippen molar-refractivity contribution in [3.05, 3.63) is 23.9 Å². The van der Waals surface area contributed by atoms with Gasteiger partial charge in [0.2, 0.25) is 0 Å². The molecule has 6 heteroatoms. The highest BCUT2D eigenvalue weighted by Gasteiger charge is 2.27. The van der Waals surface area contributed by atoms with Gasteiger partial charge in [-0.3, -0.25) is 0 Å². The van der Waals surface area contributed by atoms with E-state index in [0.29, 0.717) is 11.4 Å². The third-order valence-corrected chi connectivity index (χ3v) is 2.36. The Morgan fingerprint density at radius 3 is 2.65 bits per heavy atom. The molecule has 0 saturated carbocycles. The smallest absolute Gasteiger partial charge is 0.389 e. The Morgan fingerprint density at radius 2 is 2.12 bits per heavy atom. The molecular weight excluding hydrogens is 233 g/mol. The van der Waals surface area contributed by atoms with E-state index in [0.717, 1.165) is 0 Å². The van der Waals surface area contributed by atoms with Crippen LogP contribution in [-0.4, -0.2) is 29.9 Å². The second kappa shape index (κ2) is 5.35. The number of pyridine rings is 1. The molecule has 1 atom stereocenters. The maximum Gasteiger partial charge on any atom is 0.390 e. The Labute approximate surface area is 97.9 Å². The molecule has 1 aromatic heterocycles. The van der Waals surface area contributed by atoms with Gasteiger partial charge in [0, 0.05) is 25.4 Å². The maximum absolute atomic E-state index is 12.1. The van der Waals surface area contributed by atoms with Crippen LogP contribution in [0.15, 0.2) is 18.3 Å². The van der Waals surface area contributed by atoms with Crippen LogP contribution < -0.4 is 4.90 Å². The van der Waals surface area contributed by atoms with Crippen LogP contribution in [0.2, 0.25) is 0 Å². The van der Waals surface area contributed by atoms with E-state index in [1.807, 2.05) is 0 Å². The second-order valence-electron chi connectivity index (χ2n) is 3.88. The molecule has 1 rings (SSSR count). The van der Waals surface area contributed by atoms with Gasteiger partial charge in [-0.15, -0.1) is 0 Å². The van der Waals surface area contributed by atoms with Crippen LogP contribution in [0.25, 0.3) is 0 Å². The summed E-state index contributed by atoms with van der Waals surface area (Å²) in [5, 5.41) is 9.49. The molecule has 0 bridgehead atoms. The first-order chi connectivity index (χ1) is 7.81. The van der Waals surface area contributed by atoms with E-state index < -0.39 is 18.7 Å². The summed E-state index contributed by atoms with van der Waals surface area (Å²) in [4.78, 5) is 5.40. The highest BCUT2D eigenvalue weighted by molar-refractivity contribution is 5.46. The number of hydrogen-bond donors (Lipinski definition) is 1. The van der Waals surface area contributed by atoms with Gasteiger partial charge < -0.3 is 10.0 Å². The van der Waals surface area contributed by atoms with E-state index in [2.05, 4.69) is 4.98 Å². The van der Waals surface area contributed by atoms with Crippen molar-refractivity contribution in [3.63, 3.8) is 0 Å². The zero-order valence-corrected chi connectivity index (χ0v) is 9.70. The third kappa shape index (κ3) is 4.22. The van der Waals surface area contributed by atoms with Crippen LogP contribution in [0.5, 0.6) is 0 Å². The van der Waals surface area contributed by atoms with Crippen molar-refractivity contribution in [1.82, 2.24) is 4.98 Å². The molecule has 0 unspecified atom stereocenters. The van der Waals surface area contributed by atoms with Crippen molar-refractivity contribution < 1.29 is 18.3 Å². The van der Waals surface area contributed by atoms with Gasteiger partial charge in [-0.25, -0.2) is 4.98 Å². The average Bonchev–Trinajstić information content (AvgIpc) is 2.25. The molecule has 0 spiro atoms. The van der Waals surface area contributed by atoms with Crippen molar-refractivity contribution in [2.75, 3.05) is 18.5 Å². The van der Waals surface area contributed by atoms with Crippen molar-refractivity contribution >= 4 is 5.82 Å². The van der Waals surface area contributed by atoms with Gasteiger partial charge >= 0.3 is 6.18 Å². The molecule has 96 valence electrons. The molecule has 1 heterocycles. The molecule has 0 aliphatic carbocycles. The standard InChI is InChI=1S/C11H15F3N2O/c1-8(17)9-4-3-6-15-10(9)16(2)7-5-11(12,13)14/h3-4,6,8,17H,5,7H2,1-2H3/t8-/m1/s1. The maximum atomic E-state index is 12.1. The number of halogens is 3. The second-order valence-corrected chi connectivity index (χ2v) is 3.88. The van der Waals surface area contributed by atoms with Gasteiger partial charge in [-0.05, 0) is 13.0 Å². The Hall–Kier alpha value is -1.30. The fourth-order valence-electron chi connectivity index (χ4n) is 1.45. The van der Waals surface area contributed by atoms with Crippen LogP contribution >= 0.6 is 0 Å². The summed E-state index contributed by atoms with van der Waals surface area (Å²) in [6.07, 6.45) is -4.36. The molecule has 0 aliphatic rings. The monoisotopic (exact) mass is 248 g/mol. The van der Waals surface area contributed by atoms with Gasteiger partial charge in [0.25, 0.3) is 0 Å². The molecule has 0 aromatic carbocycles. The summed E-state index contributed by atoms with van der Waals surface area (Å²) in [6.45, 7) is 1.37. The number of alkyl halides is 3. The number of aromatic nitrogens is 1. The molecule has 3 nitrogen and oxygen atoms in total. The summed E-state index contributed by atoms with van der Waals surface area (Å²) >= 11 is 0. The fraction of sp³-hybridized carbons (Fsp3) is 0.545. The summed E-state index contributed by atoms with van der Waals surface area (Å²) in [6, 6.07) is 3.29. The zero-order chi connectivity index (χ0) is 13.1. The first-order valence-electron chi connectivity index (χ1n) is 5.22. The van der Waals surface area contributed by atoms with E-state index in [1.54, 1.807) is 19.1 Å². The minimum Gasteiger partial charge on any atom is -0.389 e. The van der Waals surface area contributed by atoms with E-state index in [-0.39, 0.29) is 6.54 Å². The Kier molecular flexibility index (Phi) is 4.34. The summed E-state index contributed by atoms with van der Waals surface area (Å²) in [7, 11) is 1.53. The number of rotatable bonds is 4. The van der Waals surface area contributed by atoms with Gasteiger partial charge in [0.15, 0.2) is 0 Å². The van der Waals surface area contributed by atoms with E-state index in [1.165, 1.54) is 18.1 Å². The molecular formula is C11H15F3N2O. The minimum atomic E-state index is -4.19. The number of hydrogen-bond acceptors (Lipinski definition) is 3. The van der Waals surface area contributed by atoms with Crippen molar-refractivity contribution in [2.45, 2.75) is 25.6 Å².